The molecule has 63 valence electrons. The molecule has 0 aliphatic heterocycles. The van der Waals surface area contributed by atoms with Gasteiger partial charge in [0.15, 0.2) is 0 Å². The van der Waals surface area contributed by atoms with Crippen LogP contribution in [0.15, 0.2) is 30.3 Å². The van der Waals surface area contributed by atoms with E-state index in [4.69, 9.17) is 5.73 Å². The average molecular weight is 171 g/mol. The first-order valence-electron chi connectivity index (χ1n) is 3.84. The average Bonchev–Trinajstić information content (AvgIpc) is 2.17. The van der Waals surface area contributed by atoms with Crippen molar-refractivity contribution in [3.8, 4) is 0 Å². The molecule has 0 spiro atoms. The largest absolute Gasteiger partial charge is 0.366 e. The van der Waals surface area contributed by atoms with E-state index < -0.39 is 5.91 Å². The fourth-order valence-corrected chi connectivity index (χ4v) is 1.18. The van der Waals surface area contributed by atoms with Gasteiger partial charge in [0.1, 0.15) is 0 Å². The lowest BCUT2D eigenvalue weighted by atomic mass is 10.1. The summed E-state index contributed by atoms with van der Waals surface area (Å²) in [5, 5.41) is 0.898. The fourth-order valence-electron chi connectivity index (χ4n) is 1.18. The van der Waals surface area contributed by atoms with Crippen molar-refractivity contribution in [2.24, 2.45) is 5.73 Å². The van der Waals surface area contributed by atoms with E-state index in [0.29, 0.717) is 5.56 Å². The van der Waals surface area contributed by atoms with Gasteiger partial charge in [0.05, 0.1) is 11.7 Å². The maximum atomic E-state index is 10.8. The van der Waals surface area contributed by atoms with Crippen LogP contribution in [0.5, 0.6) is 0 Å². The minimum absolute atomic E-state index is 0.422. The lowest BCUT2D eigenvalue weighted by molar-refractivity contribution is 0.100. The van der Waals surface area contributed by atoms with Crippen LogP contribution in [-0.4, -0.2) is 10.9 Å². The third-order valence-electron chi connectivity index (χ3n) is 1.83. The number of aromatic nitrogens is 1. The second-order valence-corrected chi connectivity index (χ2v) is 2.71. The Balaban J connectivity index is 2.69. The van der Waals surface area contributed by atoms with Crippen LogP contribution >= 0.6 is 0 Å². The molecule has 3 heteroatoms. The highest BCUT2D eigenvalue weighted by molar-refractivity contribution is 5.96. The van der Waals surface area contributed by atoms with E-state index in [1.807, 2.05) is 6.07 Å². The molecule has 3 nitrogen and oxygen atoms in total. The molecule has 0 bridgehead atoms. The van der Waals surface area contributed by atoms with Gasteiger partial charge < -0.3 is 5.73 Å². The minimum Gasteiger partial charge on any atom is -0.366 e. The smallest absolute Gasteiger partial charge is 0.248 e. The van der Waals surface area contributed by atoms with Crippen LogP contribution in [-0.2, 0) is 0 Å². The number of hydrogen-bond acceptors (Lipinski definition) is 2. The molecule has 13 heavy (non-hydrogen) atoms. The molecule has 2 rings (SSSR count). The van der Waals surface area contributed by atoms with Gasteiger partial charge in [-0.2, -0.15) is 0 Å². The van der Waals surface area contributed by atoms with Crippen molar-refractivity contribution in [2.45, 2.75) is 0 Å². The molecule has 0 fully saturated rings. The molecular formula is C10H7N2O. The Morgan fingerprint density at radius 1 is 1.38 bits per heavy atom. The number of fused-ring (bicyclic) bond motifs is 1. The fraction of sp³-hybridized carbons (Fsp3) is 0. The molecule has 1 radical (unpaired) electrons. The second kappa shape index (κ2) is 2.86. The van der Waals surface area contributed by atoms with Gasteiger partial charge in [-0.05, 0) is 24.3 Å². The Bertz CT molecular complexity index is 465. The van der Waals surface area contributed by atoms with Crippen molar-refractivity contribution in [1.29, 1.82) is 0 Å². The molecule has 2 aromatic rings. The van der Waals surface area contributed by atoms with E-state index in [9.17, 15) is 4.79 Å². The van der Waals surface area contributed by atoms with Crippen molar-refractivity contribution in [2.75, 3.05) is 0 Å². The zero-order valence-electron chi connectivity index (χ0n) is 6.82. The monoisotopic (exact) mass is 171 g/mol. The molecule has 0 atom stereocenters. The molecule has 1 amide bonds. The van der Waals surface area contributed by atoms with Gasteiger partial charge in [-0.25, -0.2) is 4.98 Å². The molecule has 1 heterocycles. The number of pyridine rings is 1. The molecule has 2 N–H and O–H groups in total. The molecule has 0 saturated carbocycles. The normalized spacial score (nSPS) is 10.2. The summed E-state index contributed by atoms with van der Waals surface area (Å²) in [7, 11) is 0. The highest BCUT2D eigenvalue weighted by Gasteiger charge is 2.00. The molecule has 0 unspecified atom stereocenters. The lowest BCUT2D eigenvalue weighted by Gasteiger charge is -1.97. The summed E-state index contributed by atoms with van der Waals surface area (Å²) in [5.74, 6) is -0.422. The van der Waals surface area contributed by atoms with Crippen LogP contribution in [0.2, 0.25) is 0 Å². The third-order valence-corrected chi connectivity index (χ3v) is 1.83. The number of carbonyl (C=O) groups is 1. The van der Waals surface area contributed by atoms with Crippen LogP contribution in [0.4, 0.5) is 0 Å². The summed E-state index contributed by atoms with van der Waals surface area (Å²) in [6.45, 7) is 0. The number of benzene rings is 1. The molecule has 0 saturated heterocycles. The van der Waals surface area contributed by atoms with Gasteiger partial charge in [0.25, 0.3) is 0 Å². The number of rotatable bonds is 1. The first-order chi connectivity index (χ1) is 6.27. The van der Waals surface area contributed by atoms with Crippen LogP contribution in [0.1, 0.15) is 10.4 Å². The molecule has 1 aromatic carbocycles. The van der Waals surface area contributed by atoms with Crippen molar-refractivity contribution in [3.63, 3.8) is 0 Å². The zero-order valence-corrected chi connectivity index (χ0v) is 6.82. The number of primary amides is 1. The van der Waals surface area contributed by atoms with Crippen molar-refractivity contribution in [1.82, 2.24) is 4.98 Å². The maximum Gasteiger partial charge on any atom is 0.248 e. The zero-order chi connectivity index (χ0) is 9.26. The Morgan fingerprint density at radius 3 is 3.00 bits per heavy atom. The SMILES string of the molecule is NC(=O)c1ccc2n[c]ccc2c1. The topological polar surface area (TPSA) is 56.0 Å². The predicted molar refractivity (Wildman–Crippen MR) is 49.1 cm³/mol. The highest BCUT2D eigenvalue weighted by atomic mass is 16.1. The Labute approximate surface area is 75.2 Å². The molecule has 0 aliphatic rings. The predicted octanol–water partition coefficient (Wildman–Crippen LogP) is 1.13. The quantitative estimate of drug-likeness (QED) is 0.699. The number of nitrogens with zero attached hydrogens (tertiary/aromatic N) is 1. The van der Waals surface area contributed by atoms with Gasteiger partial charge >= 0.3 is 0 Å². The van der Waals surface area contributed by atoms with E-state index in [2.05, 4.69) is 11.2 Å². The number of nitrogens with two attached hydrogens (primary N) is 1. The van der Waals surface area contributed by atoms with E-state index in [1.54, 1.807) is 24.3 Å². The van der Waals surface area contributed by atoms with Crippen molar-refractivity contribution < 1.29 is 4.79 Å². The molecule has 0 aliphatic carbocycles. The Kier molecular flexibility index (Phi) is 1.70. The van der Waals surface area contributed by atoms with Gasteiger partial charge in [0, 0.05) is 10.9 Å². The Hall–Kier alpha value is -1.90. The summed E-state index contributed by atoms with van der Waals surface area (Å²) < 4.78 is 0. The maximum absolute atomic E-state index is 10.8. The highest BCUT2D eigenvalue weighted by Crippen LogP contribution is 2.12. The summed E-state index contributed by atoms with van der Waals surface area (Å²) >= 11 is 0. The Morgan fingerprint density at radius 2 is 2.23 bits per heavy atom. The lowest BCUT2D eigenvalue weighted by Crippen LogP contribution is -2.10. The molecular weight excluding hydrogens is 164 g/mol. The van der Waals surface area contributed by atoms with Crippen LogP contribution in [0, 0.1) is 6.20 Å². The first kappa shape index (κ1) is 7.73. The van der Waals surface area contributed by atoms with Gasteiger partial charge in [-0.3, -0.25) is 4.79 Å². The number of amides is 1. The second-order valence-electron chi connectivity index (χ2n) is 2.71. The number of carbonyl (C=O) groups excluding carboxylic acids is 1. The third kappa shape index (κ3) is 1.36. The van der Waals surface area contributed by atoms with Gasteiger partial charge in [0.2, 0.25) is 5.91 Å². The number of hydrogen-bond donors (Lipinski definition) is 1. The summed E-state index contributed by atoms with van der Waals surface area (Å²) in [5.41, 5.74) is 6.45. The van der Waals surface area contributed by atoms with Gasteiger partial charge in [-0.15, -0.1) is 0 Å². The minimum atomic E-state index is -0.422. The van der Waals surface area contributed by atoms with Crippen molar-refractivity contribution in [3.05, 3.63) is 42.1 Å². The van der Waals surface area contributed by atoms with E-state index >= 15 is 0 Å². The van der Waals surface area contributed by atoms with E-state index in [-0.39, 0.29) is 0 Å². The van der Waals surface area contributed by atoms with E-state index in [0.717, 1.165) is 10.9 Å². The summed E-state index contributed by atoms with van der Waals surface area (Å²) in [6.07, 6.45) is 2.72. The van der Waals surface area contributed by atoms with Gasteiger partial charge in [-0.1, -0.05) is 6.07 Å². The first-order valence-corrected chi connectivity index (χ1v) is 3.84. The standard InChI is InChI=1S/C10H7N2O/c11-10(13)8-3-4-9-7(6-8)2-1-5-12-9/h1-4,6H,(H2,11,13). The summed E-state index contributed by atoms with van der Waals surface area (Å²) in [4.78, 5) is 14.8. The van der Waals surface area contributed by atoms with Crippen LogP contribution in [0.3, 0.4) is 0 Å². The van der Waals surface area contributed by atoms with Crippen LogP contribution < -0.4 is 5.73 Å². The molecule has 1 aromatic heterocycles. The van der Waals surface area contributed by atoms with Crippen LogP contribution in [0.25, 0.3) is 10.9 Å². The van der Waals surface area contributed by atoms with E-state index in [1.165, 1.54) is 0 Å². The van der Waals surface area contributed by atoms with Crippen molar-refractivity contribution >= 4 is 16.8 Å². The summed E-state index contributed by atoms with van der Waals surface area (Å²) in [6, 6.07) is 8.68.